The van der Waals surface area contributed by atoms with Crippen LogP contribution in [-0.2, 0) is 28.9 Å². The number of halogens is 6. The van der Waals surface area contributed by atoms with Crippen LogP contribution >= 0.6 is 95.6 Å². The van der Waals surface area contributed by atoms with Crippen molar-refractivity contribution in [2.24, 2.45) is 16.2 Å². The molecular weight excluding hydrogens is 1060 g/mol. The predicted octanol–water partition coefficient (Wildman–Crippen LogP) is 2.08. The lowest BCUT2D eigenvalue weighted by Gasteiger charge is -2.38. The summed E-state index contributed by atoms with van der Waals surface area (Å²) < 4.78 is 6.86. The lowest BCUT2D eigenvalue weighted by atomic mass is 9.77. The summed E-state index contributed by atoms with van der Waals surface area (Å²) in [5, 5.41) is 55.4. The number of nitrogens with one attached hydrogen (secondary N) is 2. The molecule has 2 heterocycles. The average molecular weight is 1090 g/mol. The normalized spacial score (nSPS) is 31.4. The minimum absolute atomic E-state index is 0.0386. The molecule has 0 saturated carbocycles. The number of Topliss-reactive ketones (excluding diaryl/α,β-unsaturated/α-hetero) is 2. The predicted molar refractivity (Wildman–Crippen MR) is 197 cm³/mol. The first-order valence-electron chi connectivity index (χ1n) is 14.5. The van der Waals surface area contributed by atoms with E-state index in [0.717, 1.165) is 0 Å². The molecule has 50 heavy (non-hydrogen) atoms. The molecule has 2 spiro atoms. The van der Waals surface area contributed by atoms with Gasteiger partial charge in [0.05, 0.1) is 30.2 Å². The summed E-state index contributed by atoms with van der Waals surface area (Å²) >= 11 is 19.3. The third kappa shape index (κ3) is 7.72. The number of benzene rings is 1. The van der Waals surface area contributed by atoms with Crippen LogP contribution in [0.5, 0.6) is 5.75 Å². The molecule has 0 aromatic heterocycles. The van der Waals surface area contributed by atoms with Gasteiger partial charge in [0.1, 0.15) is 52.0 Å². The molecule has 0 saturated heterocycles. The van der Waals surface area contributed by atoms with E-state index in [9.17, 15) is 39.6 Å². The van der Waals surface area contributed by atoms with Crippen LogP contribution in [0.4, 0.5) is 0 Å². The number of hydrogen-bond donors (Lipinski definition) is 6. The van der Waals surface area contributed by atoms with Gasteiger partial charge in [-0.05, 0) is 93.6 Å². The average Bonchev–Trinajstić information content (AvgIpc) is 3.71. The van der Waals surface area contributed by atoms with E-state index in [-0.39, 0.29) is 52.3 Å². The molecule has 9 atom stereocenters. The molecule has 0 bridgehead atoms. The lowest BCUT2D eigenvalue weighted by Crippen LogP contribution is -2.59. The summed E-state index contributed by atoms with van der Waals surface area (Å²) in [6, 6.07) is 3.12. The maximum atomic E-state index is 13.1. The van der Waals surface area contributed by atoms with E-state index >= 15 is 0 Å². The van der Waals surface area contributed by atoms with Crippen molar-refractivity contribution in [2.75, 3.05) is 19.7 Å². The Kier molecular flexibility index (Phi) is 12.5. The molecule has 1 aromatic rings. The van der Waals surface area contributed by atoms with E-state index in [1.165, 1.54) is 18.4 Å². The molecule has 15 nitrogen and oxygen atoms in total. The van der Waals surface area contributed by atoms with E-state index in [1.54, 1.807) is 12.1 Å². The Labute approximate surface area is 334 Å². The number of alkyl halides is 2. The topological polar surface area (TPSA) is 226 Å². The molecule has 0 radical (unpaired) electrons. The first kappa shape index (κ1) is 39.6. The SMILES string of the molecule is O=C(NC[C@@H](O)COc1c(Br)cc([C@@H](O)CNC(=O)[C@H]2C=NO[C@]23C=C(Br)C(=O)[C@@H](Br)[C@@H]3O)cc1Br)C1=NO[C@@]2(C=C(Br)C(=O)[C@@H](Br)[C@@H]2O)C1. The molecule has 5 rings (SSSR count). The van der Waals surface area contributed by atoms with Crippen LogP contribution in [0.3, 0.4) is 0 Å². The molecule has 2 aliphatic carbocycles. The number of hydrogen-bond acceptors (Lipinski definition) is 13. The number of amides is 2. The Morgan fingerprint density at radius 1 is 0.940 bits per heavy atom. The summed E-state index contributed by atoms with van der Waals surface area (Å²) in [6.45, 7) is -0.687. The van der Waals surface area contributed by atoms with Gasteiger partial charge in [-0.15, -0.1) is 0 Å². The van der Waals surface area contributed by atoms with Gasteiger partial charge in [-0.25, -0.2) is 0 Å². The Hall–Kier alpha value is -1.56. The smallest absolute Gasteiger partial charge is 0.269 e. The van der Waals surface area contributed by atoms with Crippen LogP contribution in [0, 0.1) is 5.92 Å². The monoisotopic (exact) mass is 1080 g/mol. The highest BCUT2D eigenvalue weighted by atomic mass is 79.9. The Morgan fingerprint density at radius 2 is 1.56 bits per heavy atom. The van der Waals surface area contributed by atoms with Crippen LogP contribution in [0.15, 0.2) is 52.5 Å². The largest absolute Gasteiger partial charge is 0.488 e. The number of nitrogens with zero attached hydrogens (tertiary/aromatic N) is 2. The summed E-state index contributed by atoms with van der Waals surface area (Å²) in [4.78, 5) is 59.0. The van der Waals surface area contributed by atoms with Crippen molar-refractivity contribution in [1.82, 2.24) is 10.6 Å². The summed E-state index contributed by atoms with van der Waals surface area (Å²) in [7, 11) is 0. The zero-order chi connectivity index (χ0) is 36.7. The van der Waals surface area contributed by atoms with Crippen LogP contribution < -0.4 is 15.4 Å². The van der Waals surface area contributed by atoms with E-state index < -0.39 is 68.8 Å². The van der Waals surface area contributed by atoms with E-state index in [0.29, 0.717) is 14.5 Å². The van der Waals surface area contributed by atoms with Gasteiger partial charge in [-0.2, -0.15) is 0 Å². The highest BCUT2D eigenvalue weighted by molar-refractivity contribution is 9.12. The minimum Gasteiger partial charge on any atom is -0.488 e. The highest BCUT2D eigenvalue weighted by Crippen LogP contribution is 2.43. The number of ether oxygens (including phenoxy) is 1. The van der Waals surface area contributed by atoms with Crippen molar-refractivity contribution in [2.45, 2.75) is 51.7 Å². The second-order valence-electron chi connectivity index (χ2n) is 11.6. The molecule has 0 unspecified atom stereocenters. The third-order valence-corrected chi connectivity index (χ3v) is 12.5. The molecule has 4 aliphatic rings. The van der Waals surface area contributed by atoms with Gasteiger partial charge < -0.3 is 45.5 Å². The van der Waals surface area contributed by atoms with Crippen LogP contribution in [0.1, 0.15) is 18.1 Å². The molecule has 21 heteroatoms. The second kappa shape index (κ2) is 15.8. The number of carbonyl (C=O) groups is 4. The van der Waals surface area contributed by atoms with E-state index in [1.807, 2.05) is 0 Å². The fourth-order valence-corrected chi connectivity index (χ4v) is 10.1. The maximum Gasteiger partial charge on any atom is 0.269 e. The lowest BCUT2D eigenvalue weighted by molar-refractivity contribution is -0.142. The highest BCUT2D eigenvalue weighted by Gasteiger charge is 2.58. The fraction of sp³-hybridized carbons (Fsp3) is 0.448. The van der Waals surface area contributed by atoms with E-state index in [4.69, 9.17) is 14.4 Å². The molecule has 1 aromatic carbocycles. The number of ketones is 2. The van der Waals surface area contributed by atoms with Gasteiger partial charge in [-0.3, -0.25) is 19.2 Å². The third-order valence-electron chi connectivity index (χ3n) is 8.23. The number of oxime groups is 2. The minimum atomic E-state index is -1.63. The van der Waals surface area contributed by atoms with Crippen LogP contribution in [0.2, 0.25) is 0 Å². The van der Waals surface area contributed by atoms with Gasteiger partial charge >= 0.3 is 0 Å². The summed E-state index contributed by atoms with van der Waals surface area (Å²) in [6.07, 6.45) is -1.28. The van der Waals surface area contributed by atoms with Crippen molar-refractivity contribution in [3.05, 3.63) is 47.8 Å². The van der Waals surface area contributed by atoms with Crippen molar-refractivity contribution < 1.29 is 54.0 Å². The molecule has 0 fully saturated rings. The van der Waals surface area contributed by atoms with Crippen molar-refractivity contribution in [3.63, 3.8) is 0 Å². The van der Waals surface area contributed by atoms with Crippen molar-refractivity contribution >= 4 is 131 Å². The molecular formula is C29H26Br6N4O11. The summed E-state index contributed by atoms with van der Waals surface area (Å²) in [5.74, 6) is -2.86. The zero-order valence-corrected chi connectivity index (χ0v) is 34.6. The fourth-order valence-electron chi connectivity index (χ4n) is 5.44. The second-order valence-corrected chi connectivity index (χ2v) is 17.0. The van der Waals surface area contributed by atoms with Crippen molar-refractivity contribution in [3.8, 4) is 5.75 Å². The van der Waals surface area contributed by atoms with E-state index in [2.05, 4.69) is 117 Å². The van der Waals surface area contributed by atoms with Gasteiger partial charge in [0.15, 0.2) is 17.2 Å². The Bertz CT molecular complexity index is 1700. The first-order chi connectivity index (χ1) is 23.5. The zero-order valence-electron chi connectivity index (χ0n) is 25.1. The quantitative estimate of drug-likeness (QED) is 0.186. The number of allylic oxidation sites excluding steroid dienone is 2. The Morgan fingerprint density at radius 3 is 2.22 bits per heavy atom. The van der Waals surface area contributed by atoms with Gasteiger partial charge in [0.25, 0.3) is 5.91 Å². The molecule has 270 valence electrons. The van der Waals surface area contributed by atoms with Gasteiger partial charge in [-0.1, -0.05) is 42.2 Å². The van der Waals surface area contributed by atoms with Crippen molar-refractivity contribution in [1.29, 1.82) is 0 Å². The van der Waals surface area contributed by atoms with Gasteiger partial charge in [0.2, 0.25) is 11.5 Å². The first-order valence-corrected chi connectivity index (χ1v) is 19.5. The van der Waals surface area contributed by atoms with Crippen LogP contribution in [0.25, 0.3) is 0 Å². The number of carbonyl (C=O) groups excluding carboxylic acids is 4. The Balaban J connectivity index is 1.11. The molecule has 2 aliphatic heterocycles. The van der Waals surface area contributed by atoms with Gasteiger partial charge in [0, 0.05) is 19.5 Å². The summed E-state index contributed by atoms with van der Waals surface area (Å²) in [5.41, 5.74) is -2.69. The number of aliphatic hydroxyl groups excluding tert-OH is 4. The van der Waals surface area contributed by atoms with Crippen LogP contribution in [-0.4, -0.2) is 115 Å². The standard InChI is InChI=1S/C29H26Br6N4O11/c30-13-1-10(18(41)8-37-26(46)12-7-38-50-29(12)4-16(33)22(43)20(35)25(29)45)2-14(31)23(13)48-9-11(40)6-36-27(47)17-5-28(49-39-17)3-15(32)21(42)19(34)24(28)44/h1-4,7,11-12,18-20,24-25,40-41,44-45H,5-6,8-9H2,(H,36,47)(H,37,46)/t11-,12-,18+,19-,20-,24+,25+,28+,29-/m1/s1. The molecule has 6 N–H and O–H groups in total. The number of rotatable bonds is 10. The maximum absolute atomic E-state index is 13.1. The number of aliphatic hydroxyl groups is 4. The molecule has 2 amide bonds.